The molecule has 20 heavy (non-hydrogen) atoms. The maximum absolute atomic E-state index is 12.2. The molecule has 0 atom stereocenters. The minimum atomic E-state index is 0.213. The lowest BCUT2D eigenvalue weighted by Gasteiger charge is -2.15. The maximum Gasteiger partial charge on any atom is 0.176 e. The van der Waals surface area contributed by atoms with Gasteiger partial charge in [-0.05, 0) is 24.3 Å². The molecule has 110 valence electrons. The van der Waals surface area contributed by atoms with E-state index in [9.17, 15) is 4.79 Å². The fraction of sp³-hybridized carbons (Fsp3) is 0.611. The predicted molar refractivity (Wildman–Crippen MR) is 84.4 cm³/mol. The molecule has 1 saturated carbocycles. The van der Waals surface area contributed by atoms with E-state index in [4.69, 9.17) is 0 Å². The Kier molecular flexibility index (Phi) is 5.78. The number of ketones is 1. The van der Waals surface area contributed by atoms with E-state index in [2.05, 4.69) is 31.3 Å². The Hall–Kier alpha value is -1.15. The summed E-state index contributed by atoms with van der Waals surface area (Å²) in [5.74, 6) is 0.729. The van der Waals surface area contributed by atoms with Crippen LogP contribution in [0.25, 0.3) is 0 Å². The van der Waals surface area contributed by atoms with E-state index in [1.54, 1.807) is 0 Å². The van der Waals surface area contributed by atoms with Gasteiger partial charge in [0.05, 0.1) is 6.54 Å². The summed E-state index contributed by atoms with van der Waals surface area (Å²) >= 11 is 0. The summed E-state index contributed by atoms with van der Waals surface area (Å²) in [5.41, 5.74) is 2.12. The Morgan fingerprint density at radius 2 is 1.70 bits per heavy atom. The monoisotopic (exact) mass is 273 g/mol. The lowest BCUT2D eigenvalue weighted by Crippen LogP contribution is -2.33. The Balaban J connectivity index is 1.84. The number of Topliss-reactive ketones (excluding diaryl/α,β-unsaturated/α-hetero) is 1. The molecule has 2 rings (SSSR count). The summed E-state index contributed by atoms with van der Waals surface area (Å²) in [6, 6.07) is 8.61. The molecule has 1 aromatic rings. The topological polar surface area (TPSA) is 29.1 Å². The number of carbonyl (C=O) groups excluding carboxylic acids is 1. The zero-order valence-electron chi connectivity index (χ0n) is 12.8. The quantitative estimate of drug-likeness (QED) is 0.640. The standard InChI is InChI=1S/C18H27NO/c1-14(2)15-9-11-16(12-10-15)18(20)13-19-17-7-5-3-4-6-8-17/h9-12,14,17,19H,3-8,13H2,1-2H3. The van der Waals surface area contributed by atoms with Crippen LogP contribution in [0.2, 0.25) is 0 Å². The number of rotatable bonds is 5. The van der Waals surface area contributed by atoms with Crippen molar-refractivity contribution in [3.05, 3.63) is 35.4 Å². The van der Waals surface area contributed by atoms with Crippen molar-refractivity contribution in [1.29, 1.82) is 0 Å². The van der Waals surface area contributed by atoms with Crippen molar-refractivity contribution in [2.75, 3.05) is 6.54 Å². The van der Waals surface area contributed by atoms with E-state index in [1.165, 1.54) is 44.1 Å². The number of benzene rings is 1. The third-order valence-electron chi connectivity index (χ3n) is 4.31. The van der Waals surface area contributed by atoms with Gasteiger partial charge in [0.25, 0.3) is 0 Å². The van der Waals surface area contributed by atoms with Crippen molar-refractivity contribution < 1.29 is 4.79 Å². The van der Waals surface area contributed by atoms with Crippen molar-refractivity contribution >= 4 is 5.78 Å². The van der Waals surface area contributed by atoms with Gasteiger partial charge in [-0.15, -0.1) is 0 Å². The zero-order chi connectivity index (χ0) is 14.4. The van der Waals surface area contributed by atoms with Gasteiger partial charge >= 0.3 is 0 Å². The third kappa shape index (κ3) is 4.45. The van der Waals surface area contributed by atoms with Crippen LogP contribution in [0.3, 0.4) is 0 Å². The van der Waals surface area contributed by atoms with Crippen LogP contribution in [0, 0.1) is 0 Å². The van der Waals surface area contributed by atoms with Crippen molar-refractivity contribution in [1.82, 2.24) is 5.32 Å². The lowest BCUT2D eigenvalue weighted by molar-refractivity contribution is 0.0986. The summed E-state index contributed by atoms with van der Waals surface area (Å²) in [4.78, 5) is 12.2. The van der Waals surface area contributed by atoms with Gasteiger partial charge in [-0.2, -0.15) is 0 Å². The van der Waals surface area contributed by atoms with Crippen LogP contribution in [0.15, 0.2) is 24.3 Å². The van der Waals surface area contributed by atoms with Crippen LogP contribution >= 0.6 is 0 Å². The Morgan fingerprint density at radius 3 is 2.25 bits per heavy atom. The molecule has 0 unspecified atom stereocenters. The van der Waals surface area contributed by atoms with Gasteiger partial charge in [-0.1, -0.05) is 63.8 Å². The fourth-order valence-electron chi connectivity index (χ4n) is 2.88. The van der Waals surface area contributed by atoms with Crippen molar-refractivity contribution in [3.63, 3.8) is 0 Å². The molecule has 0 aromatic heterocycles. The van der Waals surface area contributed by atoms with E-state index < -0.39 is 0 Å². The van der Waals surface area contributed by atoms with Crippen LogP contribution in [-0.2, 0) is 0 Å². The van der Waals surface area contributed by atoms with E-state index in [-0.39, 0.29) is 5.78 Å². The summed E-state index contributed by atoms with van der Waals surface area (Å²) in [6.45, 7) is 4.82. The van der Waals surface area contributed by atoms with Crippen molar-refractivity contribution in [2.24, 2.45) is 0 Å². The molecule has 1 aromatic carbocycles. The molecule has 1 aliphatic carbocycles. The van der Waals surface area contributed by atoms with Gasteiger partial charge in [0, 0.05) is 11.6 Å². The minimum Gasteiger partial charge on any atom is -0.307 e. The first kappa shape index (κ1) is 15.2. The summed E-state index contributed by atoms with van der Waals surface area (Å²) < 4.78 is 0. The average Bonchev–Trinajstić information content (AvgIpc) is 2.73. The molecule has 1 fully saturated rings. The summed E-state index contributed by atoms with van der Waals surface area (Å²) in [6.07, 6.45) is 7.74. The molecule has 2 heteroatoms. The lowest BCUT2D eigenvalue weighted by atomic mass is 10.0. The number of hydrogen-bond acceptors (Lipinski definition) is 2. The second-order valence-electron chi connectivity index (χ2n) is 6.27. The molecule has 1 N–H and O–H groups in total. The highest BCUT2D eigenvalue weighted by Gasteiger charge is 2.13. The van der Waals surface area contributed by atoms with Gasteiger partial charge in [0.15, 0.2) is 5.78 Å². The van der Waals surface area contributed by atoms with E-state index in [1.807, 2.05) is 12.1 Å². The molecule has 0 bridgehead atoms. The molecule has 1 aliphatic rings. The molecule has 0 heterocycles. The Morgan fingerprint density at radius 1 is 1.10 bits per heavy atom. The van der Waals surface area contributed by atoms with Gasteiger partial charge in [-0.3, -0.25) is 4.79 Å². The van der Waals surface area contributed by atoms with Gasteiger partial charge in [0.2, 0.25) is 0 Å². The average molecular weight is 273 g/mol. The van der Waals surface area contributed by atoms with Gasteiger partial charge < -0.3 is 5.32 Å². The predicted octanol–water partition coefficient (Wildman–Crippen LogP) is 4.31. The first-order chi connectivity index (χ1) is 9.66. The van der Waals surface area contributed by atoms with Crippen molar-refractivity contribution in [2.45, 2.75) is 64.3 Å². The van der Waals surface area contributed by atoms with Crippen LogP contribution < -0.4 is 5.32 Å². The minimum absolute atomic E-state index is 0.213. The highest BCUT2D eigenvalue weighted by Crippen LogP contribution is 2.17. The van der Waals surface area contributed by atoms with E-state index in [0.717, 1.165) is 5.56 Å². The number of carbonyl (C=O) groups is 1. The molecule has 0 radical (unpaired) electrons. The van der Waals surface area contributed by atoms with E-state index in [0.29, 0.717) is 18.5 Å². The first-order valence-corrected chi connectivity index (χ1v) is 8.03. The second kappa shape index (κ2) is 7.58. The molecular formula is C18H27NO. The van der Waals surface area contributed by atoms with Crippen LogP contribution in [0.5, 0.6) is 0 Å². The molecule has 2 nitrogen and oxygen atoms in total. The summed E-state index contributed by atoms with van der Waals surface area (Å²) in [7, 11) is 0. The number of nitrogens with one attached hydrogen (secondary N) is 1. The second-order valence-corrected chi connectivity index (χ2v) is 6.27. The maximum atomic E-state index is 12.2. The highest BCUT2D eigenvalue weighted by atomic mass is 16.1. The molecule has 0 spiro atoms. The number of hydrogen-bond donors (Lipinski definition) is 1. The smallest absolute Gasteiger partial charge is 0.176 e. The van der Waals surface area contributed by atoms with E-state index >= 15 is 0 Å². The Bertz CT molecular complexity index is 414. The van der Waals surface area contributed by atoms with Crippen molar-refractivity contribution in [3.8, 4) is 0 Å². The van der Waals surface area contributed by atoms with Crippen LogP contribution in [-0.4, -0.2) is 18.4 Å². The van der Waals surface area contributed by atoms with Crippen LogP contribution in [0.1, 0.15) is 74.2 Å². The molecule has 0 saturated heterocycles. The molecular weight excluding hydrogens is 246 g/mol. The van der Waals surface area contributed by atoms with Gasteiger partial charge in [-0.25, -0.2) is 0 Å². The molecule has 0 amide bonds. The zero-order valence-corrected chi connectivity index (χ0v) is 12.8. The first-order valence-electron chi connectivity index (χ1n) is 8.03. The summed E-state index contributed by atoms with van der Waals surface area (Å²) in [5, 5.41) is 3.45. The Labute approximate surface area is 123 Å². The normalized spacial score (nSPS) is 17.1. The van der Waals surface area contributed by atoms with Crippen LogP contribution in [0.4, 0.5) is 0 Å². The largest absolute Gasteiger partial charge is 0.307 e. The third-order valence-corrected chi connectivity index (χ3v) is 4.31. The SMILES string of the molecule is CC(C)c1ccc(C(=O)CNC2CCCCCC2)cc1. The highest BCUT2D eigenvalue weighted by molar-refractivity contribution is 5.97. The fourth-order valence-corrected chi connectivity index (χ4v) is 2.88. The molecule has 0 aliphatic heterocycles. The van der Waals surface area contributed by atoms with Gasteiger partial charge in [0.1, 0.15) is 0 Å².